The van der Waals surface area contributed by atoms with Gasteiger partial charge in [0, 0.05) is 37.7 Å². The molecule has 1 aliphatic carbocycles. The van der Waals surface area contributed by atoms with Crippen molar-refractivity contribution in [2.24, 2.45) is 5.92 Å². The first kappa shape index (κ1) is 16.0. The largest absolute Gasteiger partial charge is 0.339 e. The molecule has 0 bridgehead atoms. The topological polar surface area (TPSA) is 40.6 Å². The van der Waals surface area contributed by atoms with Crippen molar-refractivity contribution in [2.75, 3.05) is 26.2 Å². The van der Waals surface area contributed by atoms with Gasteiger partial charge in [-0.1, -0.05) is 18.9 Å². The molecule has 2 aliphatic rings. The molecular formula is C18H23FN2O2. The number of carbonyl (C=O) groups excluding carboxylic acids is 2. The number of halogens is 1. The predicted octanol–water partition coefficient (Wildman–Crippen LogP) is 2.61. The Morgan fingerprint density at radius 3 is 2.26 bits per heavy atom. The number of carbonyl (C=O) groups is 2. The molecular weight excluding hydrogens is 295 g/mol. The van der Waals surface area contributed by atoms with Gasteiger partial charge >= 0.3 is 0 Å². The van der Waals surface area contributed by atoms with E-state index in [0.717, 1.165) is 25.7 Å². The Morgan fingerprint density at radius 2 is 1.65 bits per heavy atom. The Hall–Kier alpha value is -1.91. The Morgan fingerprint density at radius 1 is 1.04 bits per heavy atom. The van der Waals surface area contributed by atoms with E-state index >= 15 is 0 Å². The Labute approximate surface area is 136 Å². The standard InChI is InChI=1S/C18H23FN2O2/c1-13-6-7-15(12-16(13)19)18(23)21-10-8-20(9-11-21)17(22)14-4-2-3-5-14/h6-7,12,14H,2-5,8-11H2,1H3. The van der Waals surface area contributed by atoms with Crippen molar-refractivity contribution in [3.63, 3.8) is 0 Å². The molecule has 0 radical (unpaired) electrons. The van der Waals surface area contributed by atoms with Crippen LogP contribution in [0.5, 0.6) is 0 Å². The van der Waals surface area contributed by atoms with Crippen LogP contribution in [0, 0.1) is 18.7 Å². The minimum atomic E-state index is -0.356. The molecule has 5 heteroatoms. The highest BCUT2D eigenvalue weighted by Gasteiger charge is 2.30. The lowest BCUT2D eigenvalue weighted by molar-refractivity contribution is -0.136. The van der Waals surface area contributed by atoms with Gasteiger partial charge in [-0.2, -0.15) is 0 Å². The summed E-state index contributed by atoms with van der Waals surface area (Å²) in [4.78, 5) is 28.4. The zero-order valence-electron chi connectivity index (χ0n) is 13.6. The molecule has 3 rings (SSSR count). The summed E-state index contributed by atoms with van der Waals surface area (Å²) in [5.41, 5.74) is 0.914. The lowest BCUT2D eigenvalue weighted by Gasteiger charge is -2.36. The summed E-state index contributed by atoms with van der Waals surface area (Å²) in [6, 6.07) is 4.59. The number of aryl methyl sites for hydroxylation is 1. The maximum Gasteiger partial charge on any atom is 0.254 e. The SMILES string of the molecule is Cc1ccc(C(=O)N2CCN(C(=O)C3CCCC3)CC2)cc1F. The highest BCUT2D eigenvalue weighted by molar-refractivity contribution is 5.94. The second-order valence-corrected chi connectivity index (χ2v) is 6.56. The van der Waals surface area contributed by atoms with Gasteiger partial charge < -0.3 is 9.80 Å². The second-order valence-electron chi connectivity index (χ2n) is 6.56. The van der Waals surface area contributed by atoms with Crippen molar-refractivity contribution in [2.45, 2.75) is 32.6 Å². The van der Waals surface area contributed by atoms with E-state index in [1.54, 1.807) is 24.0 Å². The third-order valence-electron chi connectivity index (χ3n) is 5.00. The van der Waals surface area contributed by atoms with Crippen molar-refractivity contribution < 1.29 is 14.0 Å². The fourth-order valence-corrected chi connectivity index (χ4v) is 3.47. The average Bonchev–Trinajstić information content (AvgIpc) is 3.11. The summed E-state index contributed by atoms with van der Waals surface area (Å²) in [5, 5.41) is 0. The van der Waals surface area contributed by atoms with Gasteiger partial charge in [-0.25, -0.2) is 4.39 Å². The molecule has 124 valence electrons. The van der Waals surface area contributed by atoms with E-state index < -0.39 is 0 Å². The Bertz CT molecular complexity index is 603. The van der Waals surface area contributed by atoms with Gasteiger partial charge in [0.25, 0.3) is 5.91 Å². The molecule has 2 fully saturated rings. The van der Waals surface area contributed by atoms with Crippen molar-refractivity contribution in [1.82, 2.24) is 9.80 Å². The van der Waals surface area contributed by atoms with Crippen molar-refractivity contribution in [1.29, 1.82) is 0 Å². The summed E-state index contributed by atoms with van der Waals surface area (Å²) in [5.74, 6) is -0.0813. The van der Waals surface area contributed by atoms with E-state index in [2.05, 4.69) is 0 Å². The number of amides is 2. The molecule has 0 unspecified atom stereocenters. The molecule has 1 aromatic carbocycles. The second kappa shape index (κ2) is 6.69. The van der Waals surface area contributed by atoms with Crippen molar-refractivity contribution in [3.8, 4) is 0 Å². The number of nitrogens with zero attached hydrogens (tertiary/aromatic N) is 2. The third kappa shape index (κ3) is 3.38. The fraction of sp³-hybridized carbons (Fsp3) is 0.556. The molecule has 1 heterocycles. The smallest absolute Gasteiger partial charge is 0.254 e. The van der Waals surface area contributed by atoms with Gasteiger partial charge in [0.15, 0.2) is 0 Å². The molecule has 1 saturated carbocycles. The minimum Gasteiger partial charge on any atom is -0.339 e. The highest BCUT2D eigenvalue weighted by Crippen LogP contribution is 2.27. The molecule has 0 aromatic heterocycles. The van der Waals surface area contributed by atoms with Crippen LogP contribution < -0.4 is 0 Å². The molecule has 23 heavy (non-hydrogen) atoms. The third-order valence-corrected chi connectivity index (χ3v) is 5.00. The summed E-state index contributed by atoms with van der Waals surface area (Å²) < 4.78 is 13.6. The molecule has 2 amide bonds. The van der Waals surface area contributed by atoms with E-state index in [1.165, 1.54) is 6.07 Å². The summed E-state index contributed by atoms with van der Waals surface area (Å²) >= 11 is 0. The number of piperazine rings is 1. The Balaban J connectivity index is 1.58. The highest BCUT2D eigenvalue weighted by atomic mass is 19.1. The quantitative estimate of drug-likeness (QED) is 0.841. The number of hydrogen-bond donors (Lipinski definition) is 0. The summed E-state index contributed by atoms with van der Waals surface area (Å²) in [6.07, 6.45) is 4.29. The van der Waals surface area contributed by atoms with Crippen LogP contribution in [0.1, 0.15) is 41.6 Å². The zero-order chi connectivity index (χ0) is 16.4. The molecule has 1 aliphatic heterocycles. The first-order valence-electron chi connectivity index (χ1n) is 8.40. The van der Waals surface area contributed by atoms with Gasteiger partial charge in [-0.05, 0) is 37.5 Å². The fourth-order valence-electron chi connectivity index (χ4n) is 3.47. The van der Waals surface area contributed by atoms with Gasteiger partial charge in [-0.15, -0.1) is 0 Å². The maximum absolute atomic E-state index is 13.6. The molecule has 4 nitrogen and oxygen atoms in total. The lowest BCUT2D eigenvalue weighted by Crippen LogP contribution is -2.51. The van der Waals surface area contributed by atoms with Crippen LogP contribution in [0.25, 0.3) is 0 Å². The van der Waals surface area contributed by atoms with Gasteiger partial charge in [0.1, 0.15) is 5.82 Å². The molecule has 0 atom stereocenters. The molecule has 1 saturated heterocycles. The molecule has 0 N–H and O–H groups in total. The Kier molecular flexibility index (Phi) is 4.64. The first-order chi connectivity index (χ1) is 11.1. The molecule has 1 aromatic rings. The number of benzene rings is 1. The van der Waals surface area contributed by atoms with E-state index in [0.29, 0.717) is 37.3 Å². The lowest BCUT2D eigenvalue weighted by atomic mass is 10.1. The van der Waals surface area contributed by atoms with Crippen LogP contribution in [0.15, 0.2) is 18.2 Å². The van der Waals surface area contributed by atoms with E-state index in [1.807, 2.05) is 4.90 Å². The minimum absolute atomic E-state index is 0.156. The monoisotopic (exact) mass is 318 g/mol. The number of rotatable bonds is 2. The van der Waals surface area contributed by atoms with Gasteiger partial charge in [-0.3, -0.25) is 9.59 Å². The van der Waals surface area contributed by atoms with Gasteiger partial charge in [0.2, 0.25) is 5.91 Å². The zero-order valence-corrected chi connectivity index (χ0v) is 13.6. The average molecular weight is 318 g/mol. The van der Waals surface area contributed by atoms with Crippen LogP contribution in [0.2, 0.25) is 0 Å². The maximum atomic E-state index is 13.6. The summed E-state index contributed by atoms with van der Waals surface area (Å²) in [7, 11) is 0. The van der Waals surface area contributed by atoms with Crippen LogP contribution >= 0.6 is 0 Å². The van der Waals surface area contributed by atoms with E-state index in [4.69, 9.17) is 0 Å². The van der Waals surface area contributed by atoms with Crippen LogP contribution in [0.4, 0.5) is 4.39 Å². The summed E-state index contributed by atoms with van der Waals surface area (Å²) in [6.45, 7) is 3.88. The van der Waals surface area contributed by atoms with Crippen LogP contribution in [-0.2, 0) is 4.79 Å². The van der Waals surface area contributed by atoms with Gasteiger partial charge in [0.05, 0.1) is 0 Å². The van der Waals surface area contributed by atoms with Crippen LogP contribution in [-0.4, -0.2) is 47.8 Å². The van der Waals surface area contributed by atoms with Crippen molar-refractivity contribution >= 4 is 11.8 Å². The van der Waals surface area contributed by atoms with E-state index in [-0.39, 0.29) is 23.5 Å². The van der Waals surface area contributed by atoms with E-state index in [9.17, 15) is 14.0 Å². The first-order valence-corrected chi connectivity index (χ1v) is 8.40. The van der Waals surface area contributed by atoms with Crippen molar-refractivity contribution in [3.05, 3.63) is 35.1 Å². The number of hydrogen-bond acceptors (Lipinski definition) is 2. The normalized spacial score (nSPS) is 19.2. The van der Waals surface area contributed by atoms with Crippen LogP contribution in [0.3, 0.4) is 0 Å². The molecule has 0 spiro atoms. The predicted molar refractivity (Wildman–Crippen MR) is 85.6 cm³/mol.